The Morgan fingerprint density at radius 2 is 0.848 bits per heavy atom. The number of carbonyl (C=O) groups is 2. The highest BCUT2D eigenvalue weighted by atomic mass is 35.5. The molecule has 0 radical (unpaired) electrons. The van der Waals surface area contributed by atoms with Gasteiger partial charge in [-0.25, -0.2) is 41.3 Å². The molecule has 12 rings (SSSR count). The van der Waals surface area contributed by atoms with Crippen molar-refractivity contribution in [3.63, 3.8) is 0 Å². The lowest BCUT2D eigenvalue weighted by Gasteiger charge is -2.42. The summed E-state index contributed by atoms with van der Waals surface area (Å²) in [5.41, 5.74) is 24.1. The van der Waals surface area contributed by atoms with Gasteiger partial charge in [0.25, 0.3) is 5.91 Å². The third kappa shape index (κ3) is 12.5. The second kappa shape index (κ2) is 26.7. The Morgan fingerprint density at radius 1 is 0.533 bits per heavy atom. The standard InChI is InChI=1S/C44H41Cl2F4N7O5.C21H18ClF2N3O3/c1-21(33-29(47)5-7-31(49)35(33)45)61-39-37-25(17-53-41(39)51)27(19-59-37)23-9-13-56(14-10-23)43(44(58)55(3)4)57-15-11-24(12-16-57)28-20-60-38-26(28)18-54-42(52)40(38)62-22(2)34-30(48)6-8-32(50)36(34)46;1-11(17-15(23)2-3-16(24)18(17)22)30-20-19-13(8-26-21(20)25)14(9-29-19)12-4-6-27(10-28)7-5-12/h5-9,11,17-22,43H,10,12-16H2,1-4H3,(H2,51,53)(H2,52,54);2-4,8-11H,5-7H2,1H3,(H2,25,26)/t21-,22-;11-/m11/s1. The average molecular weight is 1330 g/mol. The van der Waals surface area contributed by atoms with Crippen LogP contribution in [0, 0.1) is 34.9 Å². The van der Waals surface area contributed by atoms with Crippen molar-refractivity contribution in [1.82, 2.24) is 34.6 Å². The molecule has 0 fully saturated rings. The van der Waals surface area contributed by atoms with Crippen molar-refractivity contribution in [2.24, 2.45) is 0 Å². The fraction of sp³-hybridized carbons (Fsp3) is 0.277. The number of amides is 2. The molecule has 480 valence electrons. The zero-order chi connectivity index (χ0) is 65.6. The lowest BCUT2D eigenvalue weighted by Crippen LogP contribution is -2.58. The maximum absolute atomic E-state index is 14.7. The molecule has 3 atom stereocenters. The van der Waals surface area contributed by atoms with E-state index in [1.165, 1.54) is 20.8 Å². The van der Waals surface area contributed by atoms with Crippen LogP contribution in [0.25, 0.3) is 49.6 Å². The number of nitrogens with two attached hydrogens (primary N) is 3. The van der Waals surface area contributed by atoms with Crippen LogP contribution in [0.4, 0.5) is 43.8 Å². The van der Waals surface area contributed by atoms with Crippen LogP contribution < -0.4 is 31.4 Å². The SMILES string of the molecule is C[C@@H](Oc1c(N)ncc2c(C3=CCN(C(C(=O)N(C)C)N4CC=C(c5coc6c(O[C@H](C)c7c(F)ccc(F)c7Cl)c(N)ncc56)CC4)CC3)coc12)c1c(F)ccc(F)c1Cl.C[C@@H](Oc1c(N)ncc2c(C3=CCN(C=O)CC3)coc12)c1c(F)ccc(F)c1Cl. The second-order valence-corrected chi connectivity index (χ2v) is 23.4. The summed E-state index contributed by atoms with van der Waals surface area (Å²) in [6.45, 7) is 7.67. The van der Waals surface area contributed by atoms with Crippen LogP contribution >= 0.6 is 34.8 Å². The van der Waals surface area contributed by atoms with E-state index in [1.54, 1.807) is 61.3 Å². The number of likely N-dealkylation sites (N-methyl/N-ethyl adjacent to an activating group) is 1. The molecule has 6 aromatic heterocycles. The van der Waals surface area contributed by atoms with Gasteiger partial charge in [-0.3, -0.25) is 19.4 Å². The van der Waals surface area contributed by atoms with Gasteiger partial charge in [-0.2, -0.15) is 0 Å². The number of nitrogen functional groups attached to an aromatic ring is 3. The molecule has 0 saturated carbocycles. The predicted molar refractivity (Wildman–Crippen MR) is 338 cm³/mol. The number of pyridine rings is 3. The summed E-state index contributed by atoms with van der Waals surface area (Å²) in [4.78, 5) is 45.1. The lowest BCUT2D eigenvalue weighted by atomic mass is 9.97. The Balaban J connectivity index is 0.000000241. The molecule has 0 unspecified atom stereocenters. The van der Waals surface area contributed by atoms with Gasteiger partial charge >= 0.3 is 0 Å². The number of aromatic nitrogens is 3. The van der Waals surface area contributed by atoms with Crippen LogP contribution in [0.5, 0.6) is 17.2 Å². The number of benzene rings is 3. The molecule has 6 N–H and O–H groups in total. The molecule has 3 aliphatic heterocycles. The van der Waals surface area contributed by atoms with Crippen molar-refractivity contribution in [2.75, 3.05) is 70.6 Å². The Morgan fingerprint density at radius 3 is 1.13 bits per heavy atom. The number of nitrogens with zero attached hydrogens (tertiary/aromatic N) is 7. The van der Waals surface area contributed by atoms with E-state index >= 15 is 0 Å². The van der Waals surface area contributed by atoms with Gasteiger partial charge in [0.2, 0.25) is 23.7 Å². The van der Waals surface area contributed by atoms with Crippen LogP contribution in [-0.2, 0) is 9.59 Å². The van der Waals surface area contributed by atoms with Gasteiger partial charge in [0, 0.05) is 105 Å². The highest BCUT2D eigenvalue weighted by Gasteiger charge is 2.36. The zero-order valence-electron chi connectivity index (χ0n) is 49.9. The first-order valence-corrected chi connectivity index (χ1v) is 30.0. The van der Waals surface area contributed by atoms with E-state index in [0.717, 1.165) is 76.2 Å². The maximum Gasteiger partial charge on any atom is 0.254 e. The molecule has 0 bridgehead atoms. The van der Waals surface area contributed by atoms with Gasteiger partial charge in [0.15, 0.2) is 34.2 Å². The van der Waals surface area contributed by atoms with Crippen molar-refractivity contribution in [3.05, 3.63) is 175 Å². The van der Waals surface area contributed by atoms with E-state index in [9.17, 15) is 35.9 Å². The maximum atomic E-state index is 14.7. The Bertz CT molecular complexity index is 4290. The van der Waals surface area contributed by atoms with Crippen molar-refractivity contribution < 1.29 is 63.4 Å². The molecule has 9 heterocycles. The first-order chi connectivity index (χ1) is 44.0. The summed E-state index contributed by atoms with van der Waals surface area (Å²) in [5.74, 6) is -4.23. The van der Waals surface area contributed by atoms with E-state index in [2.05, 4.69) is 24.8 Å². The largest absolute Gasteiger partial charge is 0.478 e. The molecule has 18 nitrogen and oxygen atoms in total. The topological polar surface area (TPSA) is 231 Å². The number of halogens is 9. The Kier molecular flexibility index (Phi) is 18.8. The highest BCUT2D eigenvalue weighted by Crippen LogP contribution is 2.45. The summed E-state index contributed by atoms with van der Waals surface area (Å²) in [7, 11) is 3.46. The number of fused-ring (bicyclic) bond motifs is 3. The molecular formula is C65H59Cl3F6N10O8. The Labute approximate surface area is 537 Å². The number of carbonyl (C=O) groups excluding carboxylic acids is 2. The van der Waals surface area contributed by atoms with Gasteiger partial charge in [-0.15, -0.1) is 0 Å². The van der Waals surface area contributed by atoms with Crippen molar-refractivity contribution in [1.29, 1.82) is 0 Å². The van der Waals surface area contributed by atoms with Gasteiger partial charge in [0.05, 0.1) is 50.0 Å². The van der Waals surface area contributed by atoms with Gasteiger partial charge in [-0.05, 0) is 93.2 Å². The number of anilines is 3. The molecule has 0 spiro atoms. The summed E-state index contributed by atoms with van der Waals surface area (Å²) < 4.78 is 122. The monoisotopic (exact) mass is 1330 g/mol. The van der Waals surface area contributed by atoms with E-state index in [4.69, 9.17) is 79.5 Å². The molecule has 0 saturated heterocycles. The molecule has 3 aromatic carbocycles. The van der Waals surface area contributed by atoms with Gasteiger partial charge in [0.1, 0.15) is 59.4 Å². The summed E-state index contributed by atoms with van der Waals surface area (Å²) in [6.07, 6.45) is 14.5. The Hall–Kier alpha value is -8.94. The van der Waals surface area contributed by atoms with Gasteiger partial charge < -0.3 is 54.5 Å². The van der Waals surface area contributed by atoms with Crippen LogP contribution in [0.3, 0.4) is 0 Å². The molecule has 27 heteroatoms. The third-order valence-electron chi connectivity index (χ3n) is 16.4. The molecule has 0 aliphatic carbocycles. The van der Waals surface area contributed by atoms with E-state index in [1.807, 2.05) is 18.2 Å². The fourth-order valence-corrected chi connectivity index (χ4v) is 12.5. The number of ether oxygens (including phenoxy) is 3. The van der Waals surface area contributed by atoms with Crippen molar-refractivity contribution in [3.8, 4) is 17.2 Å². The molecule has 2 amide bonds. The molecule has 9 aromatic rings. The summed E-state index contributed by atoms with van der Waals surface area (Å²) in [5, 5.41) is 0.764. The van der Waals surface area contributed by atoms with Gasteiger partial charge in [-0.1, -0.05) is 53.0 Å². The first-order valence-electron chi connectivity index (χ1n) is 28.9. The number of rotatable bonds is 16. The van der Waals surface area contributed by atoms with Crippen LogP contribution in [0.15, 0.2) is 105 Å². The summed E-state index contributed by atoms with van der Waals surface area (Å²) in [6, 6.07) is 5.78. The zero-order valence-corrected chi connectivity index (χ0v) is 52.2. The number of furan rings is 3. The third-order valence-corrected chi connectivity index (χ3v) is 17.6. The van der Waals surface area contributed by atoms with Crippen LogP contribution in [0.1, 0.15) is 91.7 Å². The second-order valence-electron chi connectivity index (χ2n) is 22.3. The molecule has 92 heavy (non-hydrogen) atoms. The smallest absolute Gasteiger partial charge is 0.254 e. The lowest BCUT2D eigenvalue weighted by molar-refractivity contribution is -0.141. The molecular weight excluding hydrogens is 1270 g/mol. The van der Waals surface area contributed by atoms with E-state index in [0.29, 0.717) is 91.4 Å². The normalized spacial score (nSPS) is 15.8. The first kappa shape index (κ1) is 64.6. The number of hydrogen-bond donors (Lipinski definition) is 3. The number of hydrogen-bond acceptors (Lipinski definition) is 16. The van der Waals surface area contributed by atoms with Crippen molar-refractivity contribution in [2.45, 2.75) is 64.5 Å². The highest BCUT2D eigenvalue weighted by molar-refractivity contribution is 6.32. The average Bonchev–Trinajstić information content (AvgIpc) is 1.59. The van der Waals surface area contributed by atoms with Crippen LogP contribution in [0.2, 0.25) is 15.1 Å². The van der Waals surface area contributed by atoms with Crippen LogP contribution in [-0.4, -0.2) is 106 Å². The predicted octanol–water partition coefficient (Wildman–Crippen LogP) is 14.3. The summed E-state index contributed by atoms with van der Waals surface area (Å²) >= 11 is 18.1. The minimum atomic E-state index is -1.03. The van der Waals surface area contributed by atoms with Crippen molar-refractivity contribution >= 4 is 114 Å². The quantitative estimate of drug-likeness (QED) is 0.0464. The fourth-order valence-electron chi connectivity index (χ4n) is 11.6. The molecule has 3 aliphatic rings. The minimum absolute atomic E-state index is 0.00249. The van der Waals surface area contributed by atoms with E-state index < -0.39 is 69.4 Å². The minimum Gasteiger partial charge on any atom is -0.478 e. The van der Waals surface area contributed by atoms with E-state index in [-0.39, 0.29) is 62.3 Å².